The second-order valence-corrected chi connectivity index (χ2v) is 16.2. The first-order chi connectivity index (χ1) is 22.4. The van der Waals surface area contributed by atoms with Crippen molar-refractivity contribution in [1.82, 2.24) is 8.28 Å². The quantitative estimate of drug-likeness (QED) is 0.200. The maximum atomic E-state index is 13.9. The zero-order chi connectivity index (χ0) is 33.3. The van der Waals surface area contributed by atoms with E-state index in [9.17, 15) is 21.9 Å². The van der Waals surface area contributed by atoms with Crippen LogP contribution in [0.5, 0.6) is 0 Å². The molecule has 0 saturated carbocycles. The molecule has 5 aromatic rings. The largest absolute Gasteiger partial charge is 0.380 e. The lowest BCUT2D eigenvalue weighted by Crippen LogP contribution is -2.45. The predicted molar refractivity (Wildman–Crippen MR) is 185 cm³/mol. The summed E-state index contributed by atoms with van der Waals surface area (Å²) in [5, 5.41) is 11.7. The van der Waals surface area contributed by atoms with Crippen molar-refractivity contribution in [2.45, 2.75) is 42.4 Å². The minimum absolute atomic E-state index is 0.0497. The maximum absolute atomic E-state index is 13.9. The third-order valence-corrected chi connectivity index (χ3v) is 12.3. The number of ether oxygens (including phenoxy) is 1. The van der Waals surface area contributed by atoms with E-state index in [1.54, 1.807) is 60.7 Å². The Bertz CT molecular complexity index is 2190. The van der Waals surface area contributed by atoms with Crippen LogP contribution >= 0.6 is 15.9 Å². The molecule has 8 nitrogen and oxygen atoms in total. The third kappa shape index (κ3) is 6.81. The highest BCUT2D eigenvalue weighted by molar-refractivity contribution is 9.10. The molecular weight excluding hydrogens is 700 g/mol. The van der Waals surface area contributed by atoms with Crippen molar-refractivity contribution >= 4 is 46.9 Å². The summed E-state index contributed by atoms with van der Waals surface area (Å²) in [6, 6.07) is 27.8. The van der Waals surface area contributed by atoms with Crippen molar-refractivity contribution in [2.24, 2.45) is 5.92 Å². The van der Waals surface area contributed by atoms with Crippen LogP contribution in [0.4, 0.5) is 0 Å². The molecule has 3 atom stereocenters. The number of halogens is 1. The van der Waals surface area contributed by atoms with Gasteiger partial charge < -0.3 is 9.84 Å². The number of hydrogen-bond acceptors (Lipinski definition) is 6. The van der Waals surface area contributed by atoms with Gasteiger partial charge in [0, 0.05) is 29.0 Å². The number of nitrogens with zero attached hydrogens (tertiary/aromatic N) is 2. The Morgan fingerprint density at radius 3 is 2.11 bits per heavy atom. The normalized spacial score (nSPS) is 18.0. The Hall–Kier alpha value is -3.76. The molecule has 47 heavy (non-hydrogen) atoms. The molecule has 0 aliphatic carbocycles. The number of fused-ring (bicyclic) bond motifs is 1. The fourth-order valence-corrected chi connectivity index (χ4v) is 9.19. The number of aliphatic hydroxyl groups is 1. The summed E-state index contributed by atoms with van der Waals surface area (Å²) in [7, 11) is -7.87. The molecule has 1 N–H and O–H groups in total. The van der Waals surface area contributed by atoms with Gasteiger partial charge in [0.1, 0.15) is 12.3 Å². The molecule has 0 unspecified atom stereocenters. The molecule has 1 aromatic heterocycles. The van der Waals surface area contributed by atoms with E-state index in [0.29, 0.717) is 26.5 Å². The molecule has 0 bridgehead atoms. The summed E-state index contributed by atoms with van der Waals surface area (Å²) < 4.78 is 64.4. The highest BCUT2D eigenvalue weighted by Gasteiger charge is 2.38. The van der Waals surface area contributed by atoms with Crippen molar-refractivity contribution in [3.05, 3.63) is 130 Å². The topological polar surface area (TPSA) is 106 Å². The van der Waals surface area contributed by atoms with Gasteiger partial charge in [-0.15, -0.1) is 0 Å². The number of rotatable bonds is 7. The standard InChI is InChI=1S/C36H33BrN2O6S2/c1-25-11-17-31(18-12-25)46(41,42)38-23-29(35-33(37)9-6-10-34(35)38)21-30(40)16-15-27-22-39(36(45-24-27)28-7-4-3-5-8-28)47(43,44)32-19-13-26(2)14-20-32/h3-14,17-20,23,27,30,36,40H,21-22,24H2,1-2H3/t27-,30+,36+/m0/s1. The van der Waals surface area contributed by atoms with Crippen molar-refractivity contribution in [2.75, 3.05) is 13.2 Å². The monoisotopic (exact) mass is 732 g/mol. The van der Waals surface area contributed by atoms with Crippen LogP contribution in [0.25, 0.3) is 10.9 Å². The fraction of sp³-hybridized carbons (Fsp3) is 0.222. The van der Waals surface area contributed by atoms with E-state index in [1.165, 1.54) is 14.5 Å². The lowest BCUT2D eigenvalue weighted by atomic mass is 10.0. The van der Waals surface area contributed by atoms with Gasteiger partial charge in [-0.3, -0.25) is 0 Å². The van der Waals surface area contributed by atoms with E-state index < -0.39 is 38.3 Å². The average Bonchev–Trinajstić information content (AvgIpc) is 3.44. The zero-order valence-corrected chi connectivity index (χ0v) is 29.0. The number of sulfonamides is 1. The van der Waals surface area contributed by atoms with Gasteiger partial charge in [0.15, 0.2) is 0 Å². The number of benzene rings is 4. The van der Waals surface area contributed by atoms with Gasteiger partial charge in [0.05, 0.1) is 27.8 Å². The van der Waals surface area contributed by atoms with Crippen LogP contribution in [0.2, 0.25) is 0 Å². The third-order valence-electron chi connectivity index (χ3n) is 8.10. The van der Waals surface area contributed by atoms with Gasteiger partial charge in [0.2, 0.25) is 10.0 Å². The molecule has 242 valence electrons. The van der Waals surface area contributed by atoms with Crippen molar-refractivity contribution < 1.29 is 26.7 Å². The molecule has 11 heteroatoms. The molecule has 1 aliphatic heterocycles. The summed E-state index contributed by atoms with van der Waals surface area (Å²) >= 11 is 3.55. The Labute approximate surface area is 283 Å². The molecular formula is C36H33BrN2O6S2. The summed E-state index contributed by atoms with van der Waals surface area (Å²) in [6.45, 7) is 4.01. The molecule has 0 radical (unpaired) electrons. The van der Waals surface area contributed by atoms with Gasteiger partial charge in [0.25, 0.3) is 10.0 Å². The van der Waals surface area contributed by atoms with E-state index in [1.807, 2.05) is 50.2 Å². The van der Waals surface area contributed by atoms with Gasteiger partial charge in [-0.25, -0.2) is 20.8 Å². The van der Waals surface area contributed by atoms with Gasteiger partial charge >= 0.3 is 0 Å². The second kappa shape index (κ2) is 13.4. The van der Waals surface area contributed by atoms with E-state index in [-0.39, 0.29) is 29.4 Å². The molecule has 1 aliphatic rings. The number of hydrogen-bond donors (Lipinski definition) is 1. The smallest absolute Gasteiger partial charge is 0.268 e. The summed E-state index contributed by atoms with van der Waals surface area (Å²) in [5.41, 5.74) is 3.66. The first-order valence-electron chi connectivity index (χ1n) is 15.0. The number of aliphatic hydroxyl groups excluding tert-OH is 1. The van der Waals surface area contributed by atoms with Crippen LogP contribution < -0.4 is 0 Å². The van der Waals surface area contributed by atoms with Crippen LogP contribution in [0.15, 0.2) is 118 Å². The first-order valence-corrected chi connectivity index (χ1v) is 18.7. The summed E-state index contributed by atoms with van der Waals surface area (Å²) in [6.07, 6.45) is -0.407. The maximum Gasteiger partial charge on any atom is 0.268 e. The molecule has 1 fully saturated rings. The van der Waals surface area contributed by atoms with Crippen molar-refractivity contribution in [3.63, 3.8) is 0 Å². The van der Waals surface area contributed by atoms with Crippen LogP contribution in [0.1, 0.15) is 28.5 Å². The van der Waals surface area contributed by atoms with Crippen LogP contribution in [-0.2, 0) is 31.2 Å². The Morgan fingerprint density at radius 1 is 0.851 bits per heavy atom. The van der Waals surface area contributed by atoms with Crippen LogP contribution in [0, 0.1) is 31.6 Å². The predicted octanol–water partition coefficient (Wildman–Crippen LogP) is 6.20. The molecule has 0 amide bonds. The molecule has 1 saturated heterocycles. The van der Waals surface area contributed by atoms with Crippen molar-refractivity contribution in [3.8, 4) is 11.8 Å². The summed E-state index contributed by atoms with van der Waals surface area (Å²) in [5.74, 6) is 5.40. The van der Waals surface area contributed by atoms with E-state index in [2.05, 4.69) is 27.8 Å². The van der Waals surface area contributed by atoms with Crippen molar-refractivity contribution in [1.29, 1.82) is 0 Å². The Morgan fingerprint density at radius 2 is 1.47 bits per heavy atom. The average molecular weight is 734 g/mol. The fourth-order valence-electron chi connectivity index (χ4n) is 5.63. The highest BCUT2D eigenvalue weighted by Crippen LogP contribution is 2.35. The van der Waals surface area contributed by atoms with E-state index in [4.69, 9.17) is 4.74 Å². The Kier molecular flexibility index (Phi) is 9.45. The van der Waals surface area contributed by atoms with E-state index >= 15 is 0 Å². The minimum atomic E-state index is -3.95. The molecule has 6 rings (SSSR count). The molecule has 4 aromatic carbocycles. The van der Waals surface area contributed by atoms with Crippen LogP contribution in [-0.4, -0.2) is 49.5 Å². The number of aromatic nitrogens is 1. The zero-order valence-electron chi connectivity index (χ0n) is 25.7. The minimum Gasteiger partial charge on any atom is -0.380 e. The number of aryl methyl sites for hydroxylation is 2. The summed E-state index contributed by atoms with van der Waals surface area (Å²) in [4.78, 5) is 0.312. The lowest BCUT2D eigenvalue weighted by molar-refractivity contribution is -0.0718. The highest BCUT2D eigenvalue weighted by atomic mass is 79.9. The lowest BCUT2D eigenvalue weighted by Gasteiger charge is -2.37. The Balaban J connectivity index is 1.27. The first kappa shape index (κ1) is 33.2. The van der Waals surface area contributed by atoms with Gasteiger partial charge in [-0.05, 0) is 61.4 Å². The van der Waals surface area contributed by atoms with Crippen LogP contribution in [0.3, 0.4) is 0 Å². The van der Waals surface area contributed by atoms with Gasteiger partial charge in [-0.1, -0.05) is 99.6 Å². The second-order valence-electron chi connectivity index (χ2n) is 11.6. The van der Waals surface area contributed by atoms with E-state index in [0.717, 1.165) is 11.1 Å². The SMILES string of the molecule is Cc1ccc(S(=O)(=O)N2C[C@H](C#C[C@@H](O)Cc3cn(S(=O)(=O)c4ccc(C)cc4)c4cccc(Br)c34)CO[C@@H]2c2ccccc2)cc1. The van der Waals surface area contributed by atoms with Gasteiger partial charge in [-0.2, -0.15) is 4.31 Å². The molecule has 0 spiro atoms. The molecule has 2 heterocycles.